The quantitative estimate of drug-likeness (QED) is 0.782. The van der Waals surface area contributed by atoms with E-state index < -0.39 is 5.60 Å². The fourth-order valence-electron chi connectivity index (χ4n) is 2.31. The van der Waals surface area contributed by atoms with Crippen molar-refractivity contribution < 1.29 is 14.6 Å². The molecule has 0 fully saturated rings. The smallest absolute Gasteiger partial charge is 0.410 e. The summed E-state index contributed by atoms with van der Waals surface area (Å²) in [7, 11) is 0. The van der Waals surface area contributed by atoms with E-state index in [0.29, 0.717) is 6.54 Å². The van der Waals surface area contributed by atoms with Crippen molar-refractivity contribution in [1.29, 1.82) is 0 Å². The van der Waals surface area contributed by atoms with E-state index in [-0.39, 0.29) is 17.9 Å². The van der Waals surface area contributed by atoms with Gasteiger partial charge in [0.05, 0.1) is 6.54 Å². The Kier molecular flexibility index (Phi) is 3.43. The van der Waals surface area contributed by atoms with Gasteiger partial charge in [0.1, 0.15) is 11.4 Å². The second-order valence-corrected chi connectivity index (χ2v) is 6.08. The number of ether oxygens (including phenoxy) is 1. The van der Waals surface area contributed by atoms with Crippen molar-refractivity contribution in [2.45, 2.75) is 52.3 Å². The first-order valence-corrected chi connectivity index (χ1v) is 6.57. The van der Waals surface area contributed by atoms with Gasteiger partial charge < -0.3 is 14.7 Å². The molecule has 1 aromatic carbocycles. The van der Waals surface area contributed by atoms with Gasteiger partial charge in [-0.25, -0.2) is 4.79 Å². The summed E-state index contributed by atoms with van der Waals surface area (Å²) in [5, 5.41) is 9.90. The summed E-state index contributed by atoms with van der Waals surface area (Å²) in [4.78, 5) is 13.8. The minimum absolute atomic E-state index is 0.0733. The van der Waals surface area contributed by atoms with Crippen molar-refractivity contribution in [3.05, 3.63) is 29.3 Å². The summed E-state index contributed by atoms with van der Waals surface area (Å²) in [6, 6.07) is 5.56. The molecule has 1 N–H and O–H groups in total. The van der Waals surface area contributed by atoms with E-state index in [1.165, 1.54) is 0 Å². The summed E-state index contributed by atoms with van der Waals surface area (Å²) >= 11 is 0. The molecule has 0 aliphatic carbocycles. The number of nitrogens with zero attached hydrogens (tertiary/aromatic N) is 1. The van der Waals surface area contributed by atoms with Gasteiger partial charge in [0.25, 0.3) is 0 Å². The van der Waals surface area contributed by atoms with Gasteiger partial charge in [-0.15, -0.1) is 0 Å². The SMILES string of the molecule is CC1Cc2cccc(O)c2CN1C(=O)OC(C)(C)C. The van der Waals surface area contributed by atoms with E-state index in [1.54, 1.807) is 11.0 Å². The molecule has 4 nitrogen and oxygen atoms in total. The van der Waals surface area contributed by atoms with E-state index >= 15 is 0 Å². The third-order valence-corrected chi connectivity index (χ3v) is 3.25. The molecule has 0 radical (unpaired) electrons. The minimum atomic E-state index is -0.504. The molecular weight excluding hydrogens is 242 g/mol. The largest absolute Gasteiger partial charge is 0.508 e. The maximum absolute atomic E-state index is 12.2. The van der Waals surface area contributed by atoms with Crippen LogP contribution in [0.4, 0.5) is 4.79 Å². The number of amides is 1. The first-order valence-electron chi connectivity index (χ1n) is 6.57. The maximum Gasteiger partial charge on any atom is 0.410 e. The van der Waals surface area contributed by atoms with E-state index in [4.69, 9.17) is 4.74 Å². The fourth-order valence-corrected chi connectivity index (χ4v) is 2.31. The van der Waals surface area contributed by atoms with Crippen LogP contribution in [0, 0.1) is 0 Å². The van der Waals surface area contributed by atoms with E-state index in [1.807, 2.05) is 39.8 Å². The number of benzene rings is 1. The zero-order valence-electron chi connectivity index (χ0n) is 11.9. The maximum atomic E-state index is 12.2. The second-order valence-electron chi connectivity index (χ2n) is 6.08. The fraction of sp³-hybridized carbons (Fsp3) is 0.533. The van der Waals surface area contributed by atoms with E-state index in [2.05, 4.69) is 0 Å². The average molecular weight is 263 g/mol. The third-order valence-electron chi connectivity index (χ3n) is 3.25. The van der Waals surface area contributed by atoms with Crippen LogP contribution >= 0.6 is 0 Å². The molecule has 0 saturated carbocycles. The van der Waals surface area contributed by atoms with Gasteiger partial charge in [0.2, 0.25) is 0 Å². The highest BCUT2D eigenvalue weighted by Crippen LogP contribution is 2.30. The minimum Gasteiger partial charge on any atom is -0.508 e. The Morgan fingerprint density at radius 1 is 1.42 bits per heavy atom. The standard InChI is InChI=1S/C15H21NO3/c1-10-8-11-6-5-7-13(17)12(11)9-16(10)14(18)19-15(2,3)4/h5-7,10,17H,8-9H2,1-4H3. The molecule has 1 amide bonds. The zero-order valence-corrected chi connectivity index (χ0v) is 11.9. The molecule has 4 heteroatoms. The molecule has 2 rings (SSSR count). The van der Waals surface area contributed by atoms with Crippen LogP contribution in [0.15, 0.2) is 18.2 Å². The molecule has 0 aromatic heterocycles. The highest BCUT2D eigenvalue weighted by molar-refractivity contribution is 5.69. The lowest BCUT2D eigenvalue weighted by atomic mass is 9.94. The molecule has 1 aliphatic rings. The van der Waals surface area contributed by atoms with Crippen molar-refractivity contribution in [2.24, 2.45) is 0 Å². The molecule has 0 bridgehead atoms. The molecule has 0 spiro atoms. The van der Waals surface area contributed by atoms with E-state index in [9.17, 15) is 9.90 Å². The molecular formula is C15H21NO3. The van der Waals surface area contributed by atoms with Crippen LogP contribution in [0.25, 0.3) is 0 Å². The Balaban J connectivity index is 2.21. The van der Waals surface area contributed by atoms with E-state index in [0.717, 1.165) is 17.5 Å². The van der Waals surface area contributed by atoms with Crippen LogP contribution in [0.5, 0.6) is 5.75 Å². The average Bonchev–Trinajstić information content (AvgIpc) is 2.26. The lowest BCUT2D eigenvalue weighted by Gasteiger charge is -2.36. The Bertz CT molecular complexity index is 491. The van der Waals surface area contributed by atoms with Crippen LogP contribution in [0.3, 0.4) is 0 Å². The lowest BCUT2D eigenvalue weighted by molar-refractivity contribution is 0.0137. The predicted octanol–water partition coefficient (Wildman–Crippen LogP) is 3.07. The van der Waals surface area contributed by atoms with Crippen LogP contribution in [-0.2, 0) is 17.7 Å². The first kappa shape index (κ1) is 13.7. The number of hydrogen-bond donors (Lipinski definition) is 1. The molecule has 1 atom stereocenters. The lowest BCUT2D eigenvalue weighted by Crippen LogP contribution is -2.45. The summed E-state index contributed by atoms with van der Waals surface area (Å²) < 4.78 is 5.41. The highest BCUT2D eigenvalue weighted by Gasteiger charge is 2.31. The number of aromatic hydroxyl groups is 1. The van der Waals surface area contributed by atoms with Crippen molar-refractivity contribution in [2.75, 3.05) is 0 Å². The van der Waals surface area contributed by atoms with Gasteiger partial charge in [-0.1, -0.05) is 12.1 Å². The molecule has 104 valence electrons. The van der Waals surface area contributed by atoms with Crippen LogP contribution in [0.1, 0.15) is 38.8 Å². The van der Waals surface area contributed by atoms with Crippen molar-refractivity contribution in [3.8, 4) is 5.75 Å². The normalized spacial score (nSPS) is 18.9. The predicted molar refractivity (Wildman–Crippen MR) is 73.0 cm³/mol. The van der Waals surface area contributed by atoms with Crippen LogP contribution in [0.2, 0.25) is 0 Å². The monoisotopic (exact) mass is 263 g/mol. The number of carbonyl (C=O) groups excluding carboxylic acids is 1. The van der Waals surface area contributed by atoms with Crippen molar-refractivity contribution >= 4 is 6.09 Å². The Morgan fingerprint density at radius 2 is 2.11 bits per heavy atom. The molecule has 1 aromatic rings. The van der Waals surface area contributed by atoms with Gasteiger partial charge in [-0.2, -0.15) is 0 Å². The number of rotatable bonds is 0. The van der Waals surface area contributed by atoms with Crippen LogP contribution < -0.4 is 0 Å². The molecule has 1 unspecified atom stereocenters. The number of phenols is 1. The molecule has 0 saturated heterocycles. The van der Waals surface area contributed by atoms with Crippen molar-refractivity contribution in [3.63, 3.8) is 0 Å². The van der Waals surface area contributed by atoms with Gasteiger partial charge in [0.15, 0.2) is 0 Å². The van der Waals surface area contributed by atoms with Gasteiger partial charge in [0, 0.05) is 11.6 Å². The van der Waals surface area contributed by atoms with Crippen molar-refractivity contribution in [1.82, 2.24) is 4.90 Å². The van der Waals surface area contributed by atoms with Gasteiger partial charge in [-0.3, -0.25) is 0 Å². The van der Waals surface area contributed by atoms with Gasteiger partial charge in [-0.05, 0) is 45.7 Å². The van der Waals surface area contributed by atoms with Crippen LogP contribution in [-0.4, -0.2) is 27.7 Å². The zero-order chi connectivity index (χ0) is 14.2. The number of fused-ring (bicyclic) bond motifs is 1. The molecule has 19 heavy (non-hydrogen) atoms. The highest BCUT2D eigenvalue weighted by atomic mass is 16.6. The summed E-state index contributed by atoms with van der Waals surface area (Å²) in [6.45, 7) is 7.95. The van der Waals surface area contributed by atoms with Gasteiger partial charge >= 0.3 is 6.09 Å². The Labute approximate surface area is 114 Å². The summed E-state index contributed by atoms with van der Waals surface area (Å²) in [6.07, 6.45) is 0.414. The first-order chi connectivity index (χ1) is 8.78. The number of hydrogen-bond acceptors (Lipinski definition) is 3. The summed E-state index contributed by atoms with van der Waals surface area (Å²) in [5.74, 6) is 0.248. The Morgan fingerprint density at radius 3 is 2.74 bits per heavy atom. The molecule has 1 aliphatic heterocycles. The third kappa shape index (κ3) is 3.00. The molecule has 1 heterocycles. The number of phenolic OH excluding ortho intramolecular Hbond substituents is 1. The number of carbonyl (C=O) groups is 1. The second kappa shape index (κ2) is 4.76. The topological polar surface area (TPSA) is 49.8 Å². The Hall–Kier alpha value is -1.71. The summed E-state index contributed by atoms with van der Waals surface area (Å²) in [5.41, 5.74) is 1.43.